The third-order valence-electron chi connectivity index (χ3n) is 4.39. The number of nitrogens with one attached hydrogen (secondary N) is 1. The molecule has 128 valence electrons. The summed E-state index contributed by atoms with van der Waals surface area (Å²) in [6.45, 7) is 2.77. The minimum atomic E-state index is -0.0294. The Morgan fingerprint density at radius 1 is 1.32 bits per heavy atom. The predicted molar refractivity (Wildman–Crippen MR) is 92.9 cm³/mol. The number of amides is 1. The molecular formula is C19H20N4O2. The van der Waals surface area contributed by atoms with Gasteiger partial charge in [0, 0.05) is 30.8 Å². The Morgan fingerprint density at radius 3 is 3.00 bits per heavy atom. The molecule has 0 fully saturated rings. The summed E-state index contributed by atoms with van der Waals surface area (Å²) in [5.41, 5.74) is 2.58. The summed E-state index contributed by atoms with van der Waals surface area (Å²) in [6, 6.07) is 9.81. The van der Waals surface area contributed by atoms with E-state index >= 15 is 0 Å². The first-order valence-electron chi connectivity index (χ1n) is 8.49. The van der Waals surface area contributed by atoms with Gasteiger partial charge in [0.05, 0.1) is 17.8 Å². The number of oxazole rings is 1. The highest BCUT2D eigenvalue weighted by Crippen LogP contribution is 2.18. The predicted octanol–water partition coefficient (Wildman–Crippen LogP) is 2.52. The lowest BCUT2D eigenvalue weighted by Gasteiger charge is -2.24. The largest absolute Gasteiger partial charge is 0.444 e. The summed E-state index contributed by atoms with van der Waals surface area (Å²) < 4.78 is 7.62. The molecular weight excluding hydrogens is 316 g/mol. The topological polar surface area (TPSA) is 73.0 Å². The fourth-order valence-corrected chi connectivity index (χ4v) is 3.25. The fourth-order valence-electron chi connectivity index (χ4n) is 3.25. The molecule has 0 radical (unpaired) electrons. The van der Waals surface area contributed by atoms with Gasteiger partial charge in [-0.1, -0.05) is 18.2 Å². The lowest BCUT2D eigenvalue weighted by atomic mass is 10.1. The molecule has 1 unspecified atom stereocenters. The second kappa shape index (κ2) is 6.55. The van der Waals surface area contributed by atoms with E-state index in [0.29, 0.717) is 11.6 Å². The minimum absolute atomic E-state index is 0.0294. The van der Waals surface area contributed by atoms with Crippen molar-refractivity contribution in [2.45, 2.75) is 38.8 Å². The zero-order valence-electron chi connectivity index (χ0n) is 14.1. The van der Waals surface area contributed by atoms with Crippen molar-refractivity contribution in [1.82, 2.24) is 19.9 Å². The summed E-state index contributed by atoms with van der Waals surface area (Å²) in [5.74, 6) is 1.62. The number of carbonyl (C=O) groups excluding carboxylic acids is 1. The molecule has 0 spiro atoms. The number of nitrogens with zero attached hydrogens (tertiary/aromatic N) is 3. The zero-order chi connectivity index (χ0) is 17.2. The van der Waals surface area contributed by atoms with E-state index in [9.17, 15) is 4.79 Å². The molecule has 3 heterocycles. The highest BCUT2D eigenvalue weighted by Gasteiger charge is 2.21. The van der Waals surface area contributed by atoms with E-state index < -0.39 is 0 Å². The van der Waals surface area contributed by atoms with Crippen molar-refractivity contribution in [3.05, 3.63) is 60.0 Å². The van der Waals surface area contributed by atoms with Crippen LogP contribution in [-0.2, 0) is 24.2 Å². The van der Waals surface area contributed by atoms with E-state index in [4.69, 9.17) is 4.42 Å². The third kappa shape index (κ3) is 3.47. The molecule has 1 aliphatic rings. The molecule has 25 heavy (non-hydrogen) atoms. The van der Waals surface area contributed by atoms with Crippen molar-refractivity contribution >= 4 is 5.91 Å². The van der Waals surface area contributed by atoms with Crippen molar-refractivity contribution in [3.63, 3.8) is 0 Å². The quantitative estimate of drug-likeness (QED) is 0.794. The molecule has 6 heteroatoms. The summed E-state index contributed by atoms with van der Waals surface area (Å²) in [4.78, 5) is 21.2. The maximum absolute atomic E-state index is 12.3. The van der Waals surface area contributed by atoms with Crippen LogP contribution in [0.25, 0.3) is 11.5 Å². The number of benzene rings is 1. The van der Waals surface area contributed by atoms with Crippen LogP contribution in [0.1, 0.15) is 23.6 Å². The van der Waals surface area contributed by atoms with Gasteiger partial charge in [-0.05, 0) is 25.5 Å². The lowest BCUT2D eigenvalue weighted by Crippen LogP contribution is -2.41. The minimum Gasteiger partial charge on any atom is -0.444 e. The molecule has 3 aromatic rings. The van der Waals surface area contributed by atoms with Crippen LogP contribution >= 0.6 is 0 Å². The number of rotatable bonds is 4. The van der Waals surface area contributed by atoms with Gasteiger partial charge in [0.2, 0.25) is 11.8 Å². The smallest absolute Gasteiger partial charge is 0.226 e. The van der Waals surface area contributed by atoms with E-state index in [1.54, 1.807) is 6.26 Å². The van der Waals surface area contributed by atoms with E-state index in [2.05, 4.69) is 19.9 Å². The van der Waals surface area contributed by atoms with Crippen LogP contribution in [0.2, 0.25) is 0 Å². The van der Waals surface area contributed by atoms with Gasteiger partial charge in [0.1, 0.15) is 12.1 Å². The molecule has 1 N–H and O–H groups in total. The molecule has 0 bridgehead atoms. The van der Waals surface area contributed by atoms with Crippen molar-refractivity contribution in [2.75, 3.05) is 0 Å². The number of hydrogen-bond acceptors (Lipinski definition) is 4. The first-order chi connectivity index (χ1) is 12.2. The van der Waals surface area contributed by atoms with Crippen LogP contribution in [0.3, 0.4) is 0 Å². The molecule has 2 aromatic heterocycles. The van der Waals surface area contributed by atoms with Gasteiger partial charge < -0.3 is 14.3 Å². The molecule has 1 aliphatic heterocycles. The van der Waals surface area contributed by atoms with Gasteiger partial charge in [0.15, 0.2) is 0 Å². The van der Waals surface area contributed by atoms with Gasteiger partial charge >= 0.3 is 0 Å². The van der Waals surface area contributed by atoms with Crippen molar-refractivity contribution in [1.29, 1.82) is 0 Å². The Bertz CT molecular complexity index is 882. The Kier molecular flexibility index (Phi) is 4.09. The molecule has 1 aromatic carbocycles. The number of aromatic nitrogens is 3. The zero-order valence-corrected chi connectivity index (χ0v) is 14.1. The Morgan fingerprint density at radius 2 is 2.16 bits per heavy atom. The van der Waals surface area contributed by atoms with E-state index in [-0.39, 0.29) is 18.4 Å². The third-order valence-corrected chi connectivity index (χ3v) is 4.39. The van der Waals surface area contributed by atoms with Crippen molar-refractivity contribution < 1.29 is 9.21 Å². The first kappa shape index (κ1) is 15.6. The second-order valence-electron chi connectivity index (χ2n) is 6.44. The van der Waals surface area contributed by atoms with Crippen LogP contribution in [-0.4, -0.2) is 26.5 Å². The summed E-state index contributed by atoms with van der Waals surface area (Å²) in [7, 11) is 0. The molecule has 0 aliphatic carbocycles. The second-order valence-corrected chi connectivity index (χ2v) is 6.44. The molecule has 1 atom stereocenters. The van der Waals surface area contributed by atoms with Crippen molar-refractivity contribution in [3.8, 4) is 11.5 Å². The van der Waals surface area contributed by atoms with Crippen LogP contribution in [0, 0.1) is 6.92 Å². The fraction of sp³-hybridized carbons (Fsp3) is 0.316. The van der Waals surface area contributed by atoms with Gasteiger partial charge in [-0.2, -0.15) is 0 Å². The van der Waals surface area contributed by atoms with Gasteiger partial charge in [-0.3, -0.25) is 4.79 Å². The number of fused-ring (bicyclic) bond motifs is 1. The lowest BCUT2D eigenvalue weighted by molar-refractivity contribution is -0.121. The van der Waals surface area contributed by atoms with E-state index in [1.807, 2.05) is 43.5 Å². The number of imidazole rings is 1. The Balaban J connectivity index is 1.36. The summed E-state index contributed by atoms with van der Waals surface area (Å²) >= 11 is 0. The standard InChI is InChI=1S/C19H20N4O2/c1-13-10-23-11-15(7-8-17(23)20-13)21-18(24)9-16-12-25-19(22-16)14-5-3-2-4-6-14/h2-6,10,12,15H,7-9,11H2,1H3,(H,21,24). The molecule has 0 saturated heterocycles. The maximum Gasteiger partial charge on any atom is 0.226 e. The van der Waals surface area contributed by atoms with Gasteiger partial charge in [0.25, 0.3) is 0 Å². The molecule has 6 nitrogen and oxygen atoms in total. The van der Waals surface area contributed by atoms with E-state index in [0.717, 1.165) is 36.5 Å². The van der Waals surface area contributed by atoms with Crippen LogP contribution < -0.4 is 5.32 Å². The van der Waals surface area contributed by atoms with Crippen LogP contribution in [0.4, 0.5) is 0 Å². The molecule has 4 rings (SSSR count). The molecule has 0 saturated carbocycles. The average Bonchev–Trinajstić information content (AvgIpc) is 3.21. The Labute approximate surface area is 145 Å². The monoisotopic (exact) mass is 336 g/mol. The normalized spacial score (nSPS) is 16.4. The number of carbonyl (C=O) groups is 1. The number of hydrogen-bond donors (Lipinski definition) is 1. The van der Waals surface area contributed by atoms with Crippen LogP contribution in [0.15, 0.2) is 47.2 Å². The highest BCUT2D eigenvalue weighted by atomic mass is 16.3. The van der Waals surface area contributed by atoms with Crippen LogP contribution in [0.5, 0.6) is 0 Å². The van der Waals surface area contributed by atoms with Gasteiger partial charge in [-0.25, -0.2) is 9.97 Å². The SMILES string of the molecule is Cc1cn2c(n1)CCC(NC(=O)Cc1coc(-c3ccccc3)n1)C2. The summed E-state index contributed by atoms with van der Waals surface area (Å²) in [5, 5.41) is 3.10. The number of aryl methyl sites for hydroxylation is 2. The Hall–Kier alpha value is -2.89. The maximum atomic E-state index is 12.3. The van der Waals surface area contributed by atoms with Gasteiger partial charge in [-0.15, -0.1) is 0 Å². The average molecular weight is 336 g/mol. The molecule has 1 amide bonds. The summed E-state index contributed by atoms with van der Waals surface area (Å²) in [6.07, 6.45) is 5.62. The highest BCUT2D eigenvalue weighted by molar-refractivity contribution is 5.78. The van der Waals surface area contributed by atoms with Crippen molar-refractivity contribution in [2.24, 2.45) is 0 Å². The first-order valence-corrected chi connectivity index (χ1v) is 8.49. The van der Waals surface area contributed by atoms with E-state index in [1.165, 1.54) is 0 Å².